The molecule has 0 saturated heterocycles. The molecule has 0 aliphatic rings. The van der Waals surface area contributed by atoms with E-state index in [4.69, 9.17) is 4.74 Å². The maximum absolute atomic E-state index is 12.2. The van der Waals surface area contributed by atoms with Crippen LogP contribution in [0.1, 0.15) is 25.3 Å². The van der Waals surface area contributed by atoms with Crippen LogP contribution in [-0.4, -0.2) is 40.2 Å². The minimum absolute atomic E-state index is 0.0833. The second-order valence-corrected chi connectivity index (χ2v) is 8.15. The second kappa shape index (κ2) is 9.66. The van der Waals surface area contributed by atoms with Crippen molar-refractivity contribution in [3.05, 3.63) is 53.7 Å². The SMILES string of the molecule is C[C@H](OC(=O)CSc1ncnc2sccc12)C(=O)NC[C@@H](C)c1ccccc1. The first kappa shape index (κ1) is 20.3. The van der Waals surface area contributed by atoms with Crippen LogP contribution in [0.5, 0.6) is 0 Å². The van der Waals surface area contributed by atoms with Crippen molar-refractivity contribution in [1.82, 2.24) is 15.3 Å². The number of aromatic nitrogens is 2. The molecule has 0 radical (unpaired) electrons. The van der Waals surface area contributed by atoms with Gasteiger partial charge >= 0.3 is 5.97 Å². The highest BCUT2D eigenvalue weighted by Gasteiger charge is 2.19. The molecule has 0 aliphatic carbocycles. The number of hydrogen-bond donors (Lipinski definition) is 1. The van der Waals surface area contributed by atoms with E-state index >= 15 is 0 Å². The Morgan fingerprint density at radius 3 is 2.75 bits per heavy atom. The van der Waals surface area contributed by atoms with E-state index in [0.29, 0.717) is 6.54 Å². The number of thioether (sulfide) groups is 1. The molecule has 1 aromatic carbocycles. The van der Waals surface area contributed by atoms with Crippen molar-refractivity contribution < 1.29 is 14.3 Å². The molecule has 8 heteroatoms. The number of ether oxygens (including phenoxy) is 1. The minimum Gasteiger partial charge on any atom is -0.452 e. The predicted molar refractivity (Wildman–Crippen MR) is 112 cm³/mol. The normalized spacial score (nSPS) is 13.1. The fourth-order valence-corrected chi connectivity index (χ4v) is 4.15. The zero-order valence-corrected chi connectivity index (χ0v) is 17.3. The lowest BCUT2D eigenvalue weighted by Gasteiger charge is -2.16. The van der Waals surface area contributed by atoms with E-state index in [1.807, 2.05) is 48.7 Å². The Kier molecular flexibility index (Phi) is 7.00. The average molecular weight is 416 g/mol. The summed E-state index contributed by atoms with van der Waals surface area (Å²) in [5, 5.41) is 6.43. The number of benzene rings is 1. The molecule has 3 rings (SSSR count). The first-order valence-electron chi connectivity index (χ1n) is 8.87. The van der Waals surface area contributed by atoms with E-state index in [1.165, 1.54) is 29.4 Å². The number of thiophene rings is 1. The summed E-state index contributed by atoms with van der Waals surface area (Å²) in [6.45, 7) is 4.10. The van der Waals surface area contributed by atoms with Crippen molar-refractivity contribution in [3.63, 3.8) is 0 Å². The summed E-state index contributed by atoms with van der Waals surface area (Å²) in [4.78, 5) is 33.6. The zero-order valence-electron chi connectivity index (χ0n) is 15.6. The van der Waals surface area contributed by atoms with Crippen LogP contribution in [0.25, 0.3) is 10.2 Å². The molecule has 0 fully saturated rings. The van der Waals surface area contributed by atoms with Gasteiger partial charge in [-0.3, -0.25) is 9.59 Å². The number of amides is 1. The lowest BCUT2D eigenvalue weighted by atomic mass is 10.0. The van der Waals surface area contributed by atoms with Crippen LogP contribution in [0.15, 0.2) is 53.1 Å². The zero-order chi connectivity index (χ0) is 19.9. The maximum atomic E-state index is 12.2. The summed E-state index contributed by atoms with van der Waals surface area (Å²) in [5.41, 5.74) is 1.15. The highest BCUT2D eigenvalue weighted by atomic mass is 32.2. The Hall–Kier alpha value is -2.45. The lowest BCUT2D eigenvalue weighted by molar-refractivity contribution is -0.152. The molecule has 2 aromatic heterocycles. The second-order valence-electron chi connectivity index (χ2n) is 6.30. The van der Waals surface area contributed by atoms with Gasteiger partial charge in [-0.05, 0) is 29.9 Å². The monoisotopic (exact) mass is 415 g/mol. The van der Waals surface area contributed by atoms with Crippen LogP contribution in [0.2, 0.25) is 0 Å². The van der Waals surface area contributed by atoms with Gasteiger partial charge in [-0.1, -0.05) is 49.0 Å². The number of nitrogens with zero attached hydrogens (tertiary/aromatic N) is 2. The number of nitrogens with one attached hydrogen (secondary N) is 1. The third-order valence-electron chi connectivity index (χ3n) is 4.18. The Labute approximate surface area is 171 Å². The summed E-state index contributed by atoms with van der Waals surface area (Å²) < 4.78 is 5.25. The first-order chi connectivity index (χ1) is 13.5. The molecule has 2 heterocycles. The third kappa shape index (κ3) is 5.30. The number of hydrogen-bond acceptors (Lipinski definition) is 7. The molecule has 0 saturated carbocycles. The van der Waals surface area contributed by atoms with Crippen molar-refractivity contribution in [2.45, 2.75) is 30.9 Å². The molecule has 3 aromatic rings. The Bertz CT molecular complexity index is 946. The van der Waals surface area contributed by atoms with Gasteiger partial charge in [0.15, 0.2) is 6.10 Å². The molecule has 0 bridgehead atoms. The van der Waals surface area contributed by atoms with Crippen molar-refractivity contribution in [2.24, 2.45) is 0 Å². The predicted octanol–water partition coefficient (Wildman–Crippen LogP) is 3.64. The van der Waals surface area contributed by atoms with Crippen LogP contribution < -0.4 is 5.32 Å². The van der Waals surface area contributed by atoms with E-state index < -0.39 is 12.1 Å². The Morgan fingerprint density at radius 2 is 1.96 bits per heavy atom. The van der Waals surface area contributed by atoms with Crippen molar-refractivity contribution in [1.29, 1.82) is 0 Å². The maximum Gasteiger partial charge on any atom is 0.317 e. The molecular weight excluding hydrogens is 394 g/mol. The quantitative estimate of drug-likeness (QED) is 0.344. The van der Waals surface area contributed by atoms with Crippen LogP contribution in [0.4, 0.5) is 0 Å². The standard InChI is InChI=1S/C20H21N3O3S2/c1-13(15-6-4-3-5-7-15)10-21-18(25)14(2)26-17(24)11-28-20-16-8-9-27-19(16)22-12-23-20/h3-9,12-14H,10-11H2,1-2H3,(H,21,25)/t13-,14+/m1/s1. The van der Waals surface area contributed by atoms with Gasteiger partial charge in [0, 0.05) is 11.9 Å². The van der Waals surface area contributed by atoms with Crippen LogP contribution in [0, 0.1) is 0 Å². The highest BCUT2D eigenvalue weighted by Crippen LogP contribution is 2.27. The van der Waals surface area contributed by atoms with Gasteiger partial charge in [-0.25, -0.2) is 9.97 Å². The van der Waals surface area contributed by atoms with Gasteiger partial charge in [-0.2, -0.15) is 0 Å². The third-order valence-corrected chi connectivity index (χ3v) is 5.98. The molecule has 0 spiro atoms. The summed E-state index contributed by atoms with van der Waals surface area (Å²) in [7, 11) is 0. The van der Waals surface area contributed by atoms with Crippen LogP contribution in [-0.2, 0) is 14.3 Å². The molecule has 1 N–H and O–H groups in total. The first-order valence-corrected chi connectivity index (χ1v) is 10.7. The van der Waals surface area contributed by atoms with E-state index in [9.17, 15) is 9.59 Å². The van der Waals surface area contributed by atoms with Gasteiger partial charge in [0.2, 0.25) is 0 Å². The minimum atomic E-state index is -0.845. The average Bonchev–Trinajstić information content (AvgIpc) is 3.20. The summed E-state index contributed by atoms with van der Waals surface area (Å²) in [5.74, 6) is -0.497. The summed E-state index contributed by atoms with van der Waals surface area (Å²) in [6.07, 6.45) is 0.638. The van der Waals surface area contributed by atoms with Crippen LogP contribution >= 0.6 is 23.1 Å². The highest BCUT2D eigenvalue weighted by molar-refractivity contribution is 8.00. The van der Waals surface area contributed by atoms with E-state index in [-0.39, 0.29) is 17.6 Å². The smallest absolute Gasteiger partial charge is 0.317 e. The molecule has 1 amide bonds. The Morgan fingerprint density at radius 1 is 1.18 bits per heavy atom. The molecule has 0 unspecified atom stereocenters. The molecule has 6 nitrogen and oxygen atoms in total. The number of carbonyl (C=O) groups is 2. The van der Waals surface area contributed by atoms with Crippen molar-refractivity contribution >= 4 is 45.2 Å². The largest absolute Gasteiger partial charge is 0.452 e. The number of carbonyl (C=O) groups excluding carboxylic acids is 2. The van der Waals surface area contributed by atoms with Gasteiger partial charge in [0.25, 0.3) is 5.91 Å². The van der Waals surface area contributed by atoms with Gasteiger partial charge in [0.05, 0.1) is 5.75 Å². The van der Waals surface area contributed by atoms with Crippen molar-refractivity contribution in [3.8, 4) is 0 Å². The fraction of sp³-hybridized carbons (Fsp3) is 0.300. The summed E-state index contributed by atoms with van der Waals surface area (Å²) >= 11 is 2.80. The van der Waals surface area contributed by atoms with Gasteiger partial charge < -0.3 is 10.1 Å². The summed E-state index contributed by atoms with van der Waals surface area (Å²) in [6, 6.07) is 11.9. The van der Waals surface area contributed by atoms with E-state index in [1.54, 1.807) is 6.92 Å². The molecule has 0 aliphatic heterocycles. The Balaban J connectivity index is 1.44. The topological polar surface area (TPSA) is 81.2 Å². The molecule has 2 atom stereocenters. The number of fused-ring (bicyclic) bond motifs is 1. The van der Waals surface area contributed by atoms with Gasteiger partial charge in [0.1, 0.15) is 16.2 Å². The van der Waals surface area contributed by atoms with E-state index in [0.717, 1.165) is 20.8 Å². The molecular formula is C20H21N3O3S2. The molecule has 146 valence electrons. The van der Waals surface area contributed by atoms with Crippen LogP contribution in [0.3, 0.4) is 0 Å². The molecule has 28 heavy (non-hydrogen) atoms. The lowest BCUT2D eigenvalue weighted by Crippen LogP contribution is -2.37. The number of esters is 1. The van der Waals surface area contributed by atoms with E-state index in [2.05, 4.69) is 15.3 Å². The fourth-order valence-electron chi connectivity index (χ4n) is 2.59. The van der Waals surface area contributed by atoms with Gasteiger partial charge in [-0.15, -0.1) is 11.3 Å². The number of rotatable bonds is 8. The van der Waals surface area contributed by atoms with Crippen molar-refractivity contribution in [2.75, 3.05) is 12.3 Å².